The minimum Gasteiger partial charge on any atom is -0.356 e. The molecule has 0 aromatic carbocycles. The van der Waals surface area contributed by atoms with Crippen LogP contribution in [0.3, 0.4) is 0 Å². The molecule has 1 aromatic rings. The largest absolute Gasteiger partial charge is 0.356 e. The van der Waals surface area contributed by atoms with E-state index < -0.39 is 0 Å². The third-order valence-electron chi connectivity index (χ3n) is 4.21. The Hall–Kier alpha value is -0.990. The summed E-state index contributed by atoms with van der Waals surface area (Å²) in [7, 11) is 0. The monoisotopic (exact) mass is 263 g/mol. The first kappa shape index (κ1) is 14.4. The van der Waals surface area contributed by atoms with Crippen LogP contribution in [0.25, 0.3) is 0 Å². The topological polar surface area (TPSA) is 29.9 Å². The summed E-state index contributed by atoms with van der Waals surface area (Å²) in [5, 5.41) is 3.51. The Balaban J connectivity index is 2.09. The van der Waals surface area contributed by atoms with E-state index in [-0.39, 0.29) is 0 Å². The van der Waals surface area contributed by atoms with Gasteiger partial charge in [-0.2, -0.15) is 0 Å². The molecule has 1 saturated carbocycles. The standard InChI is InChI=1S/C16H29N3/c1-5-6-7-17-16-18-14(4)11-19(16)15-9-12(2)8-13(3)10-15/h11-13,15H,5-10H2,1-4H3,(H,17,18). The van der Waals surface area contributed by atoms with Crippen molar-refractivity contribution in [1.29, 1.82) is 0 Å². The van der Waals surface area contributed by atoms with Crippen molar-refractivity contribution in [1.82, 2.24) is 9.55 Å². The molecule has 2 unspecified atom stereocenters. The zero-order chi connectivity index (χ0) is 13.8. The summed E-state index contributed by atoms with van der Waals surface area (Å²) in [6, 6.07) is 0.629. The highest BCUT2D eigenvalue weighted by molar-refractivity contribution is 5.29. The van der Waals surface area contributed by atoms with Crippen LogP contribution in [0.2, 0.25) is 0 Å². The van der Waals surface area contributed by atoms with Gasteiger partial charge in [0.25, 0.3) is 0 Å². The van der Waals surface area contributed by atoms with Gasteiger partial charge in [-0.1, -0.05) is 27.2 Å². The van der Waals surface area contributed by atoms with E-state index >= 15 is 0 Å². The maximum Gasteiger partial charge on any atom is 0.203 e. The lowest BCUT2D eigenvalue weighted by Gasteiger charge is -2.33. The fraction of sp³-hybridized carbons (Fsp3) is 0.812. The molecule has 2 rings (SSSR count). The van der Waals surface area contributed by atoms with Crippen LogP contribution in [0, 0.1) is 18.8 Å². The minimum absolute atomic E-state index is 0.629. The van der Waals surface area contributed by atoms with Crippen LogP contribution in [0.1, 0.15) is 64.6 Å². The molecule has 1 heterocycles. The molecular weight excluding hydrogens is 234 g/mol. The SMILES string of the molecule is CCCCNc1nc(C)cn1C1CC(C)CC(C)C1. The number of nitrogens with one attached hydrogen (secondary N) is 1. The van der Waals surface area contributed by atoms with Gasteiger partial charge in [0.15, 0.2) is 0 Å². The average molecular weight is 263 g/mol. The second kappa shape index (κ2) is 6.44. The number of hydrogen-bond acceptors (Lipinski definition) is 2. The zero-order valence-electron chi connectivity index (χ0n) is 12.9. The predicted molar refractivity (Wildman–Crippen MR) is 81.6 cm³/mol. The average Bonchev–Trinajstić information content (AvgIpc) is 2.70. The number of unbranched alkanes of at least 4 members (excludes halogenated alkanes) is 1. The van der Waals surface area contributed by atoms with E-state index in [1.807, 2.05) is 0 Å². The second-order valence-corrected chi connectivity index (χ2v) is 6.46. The summed E-state index contributed by atoms with van der Waals surface area (Å²) in [6.45, 7) is 10.1. The van der Waals surface area contributed by atoms with Gasteiger partial charge in [0.1, 0.15) is 0 Å². The van der Waals surface area contributed by atoms with E-state index in [1.54, 1.807) is 0 Å². The zero-order valence-corrected chi connectivity index (χ0v) is 12.9. The van der Waals surface area contributed by atoms with Crippen molar-refractivity contribution in [3.05, 3.63) is 11.9 Å². The molecule has 1 aromatic heterocycles. The first-order valence-corrected chi connectivity index (χ1v) is 7.89. The van der Waals surface area contributed by atoms with Crippen molar-refractivity contribution in [2.24, 2.45) is 11.8 Å². The molecule has 3 heteroatoms. The molecule has 1 fully saturated rings. The van der Waals surface area contributed by atoms with E-state index in [0.717, 1.165) is 30.0 Å². The van der Waals surface area contributed by atoms with Crippen LogP contribution in [-0.2, 0) is 0 Å². The first-order chi connectivity index (χ1) is 9.10. The molecule has 0 aliphatic heterocycles. The molecular formula is C16H29N3. The Morgan fingerprint density at radius 2 is 1.95 bits per heavy atom. The Morgan fingerprint density at radius 3 is 2.58 bits per heavy atom. The normalized spacial score (nSPS) is 27.5. The third-order valence-corrected chi connectivity index (χ3v) is 4.21. The molecule has 108 valence electrons. The number of rotatable bonds is 5. The lowest BCUT2D eigenvalue weighted by molar-refractivity contribution is 0.222. The van der Waals surface area contributed by atoms with Crippen LogP contribution in [0.15, 0.2) is 6.20 Å². The van der Waals surface area contributed by atoms with Crippen LogP contribution in [0.5, 0.6) is 0 Å². The highest BCUT2D eigenvalue weighted by Gasteiger charge is 2.26. The van der Waals surface area contributed by atoms with Gasteiger partial charge >= 0.3 is 0 Å². The van der Waals surface area contributed by atoms with E-state index in [2.05, 4.69) is 48.8 Å². The predicted octanol–water partition coefficient (Wildman–Crippen LogP) is 4.40. The molecule has 0 saturated heterocycles. The molecule has 1 N–H and O–H groups in total. The van der Waals surface area contributed by atoms with E-state index in [0.29, 0.717) is 6.04 Å². The van der Waals surface area contributed by atoms with Gasteiger partial charge in [0.2, 0.25) is 5.95 Å². The number of nitrogens with zero attached hydrogens (tertiary/aromatic N) is 2. The van der Waals surface area contributed by atoms with Crippen LogP contribution in [-0.4, -0.2) is 16.1 Å². The van der Waals surface area contributed by atoms with Crippen molar-refractivity contribution in [2.45, 2.75) is 65.8 Å². The molecule has 19 heavy (non-hydrogen) atoms. The fourth-order valence-electron chi connectivity index (χ4n) is 3.43. The van der Waals surface area contributed by atoms with Crippen LogP contribution >= 0.6 is 0 Å². The quantitative estimate of drug-likeness (QED) is 0.798. The van der Waals surface area contributed by atoms with Gasteiger partial charge in [-0.25, -0.2) is 4.98 Å². The Morgan fingerprint density at radius 1 is 1.26 bits per heavy atom. The highest BCUT2D eigenvalue weighted by Crippen LogP contribution is 2.37. The van der Waals surface area contributed by atoms with Crippen molar-refractivity contribution in [3.63, 3.8) is 0 Å². The molecule has 0 amide bonds. The summed E-state index contributed by atoms with van der Waals surface area (Å²) in [4.78, 5) is 4.66. The smallest absolute Gasteiger partial charge is 0.203 e. The molecule has 2 atom stereocenters. The molecule has 0 bridgehead atoms. The highest BCUT2D eigenvalue weighted by atomic mass is 15.2. The summed E-state index contributed by atoms with van der Waals surface area (Å²) < 4.78 is 2.40. The number of imidazole rings is 1. The summed E-state index contributed by atoms with van der Waals surface area (Å²) in [6.07, 6.45) is 8.63. The number of hydrogen-bond donors (Lipinski definition) is 1. The van der Waals surface area contributed by atoms with E-state index in [4.69, 9.17) is 0 Å². The Kier molecular flexibility index (Phi) is 4.89. The van der Waals surface area contributed by atoms with Gasteiger partial charge < -0.3 is 9.88 Å². The van der Waals surface area contributed by atoms with Gasteiger partial charge in [-0.05, 0) is 44.4 Å². The van der Waals surface area contributed by atoms with Gasteiger partial charge in [0, 0.05) is 18.8 Å². The van der Waals surface area contributed by atoms with Gasteiger partial charge in [-0.15, -0.1) is 0 Å². The lowest BCUT2D eigenvalue weighted by atomic mass is 9.80. The van der Waals surface area contributed by atoms with E-state index in [1.165, 1.54) is 32.1 Å². The Labute approximate surface area is 117 Å². The first-order valence-electron chi connectivity index (χ1n) is 7.89. The molecule has 3 nitrogen and oxygen atoms in total. The van der Waals surface area contributed by atoms with Crippen molar-refractivity contribution in [2.75, 3.05) is 11.9 Å². The summed E-state index contributed by atoms with van der Waals surface area (Å²) >= 11 is 0. The summed E-state index contributed by atoms with van der Waals surface area (Å²) in [5.41, 5.74) is 1.13. The fourth-order valence-corrected chi connectivity index (χ4v) is 3.43. The number of aryl methyl sites for hydroxylation is 1. The molecule has 0 spiro atoms. The maximum atomic E-state index is 4.66. The lowest BCUT2D eigenvalue weighted by Crippen LogP contribution is -2.23. The number of anilines is 1. The second-order valence-electron chi connectivity index (χ2n) is 6.46. The molecule has 1 aliphatic carbocycles. The van der Waals surface area contributed by atoms with Gasteiger partial charge in [-0.3, -0.25) is 0 Å². The van der Waals surface area contributed by atoms with Crippen molar-refractivity contribution in [3.8, 4) is 0 Å². The third kappa shape index (κ3) is 3.74. The Bertz CT molecular complexity index is 387. The summed E-state index contributed by atoms with van der Waals surface area (Å²) in [5.74, 6) is 2.75. The molecule has 1 aliphatic rings. The van der Waals surface area contributed by atoms with E-state index in [9.17, 15) is 0 Å². The van der Waals surface area contributed by atoms with Crippen LogP contribution in [0.4, 0.5) is 5.95 Å². The minimum atomic E-state index is 0.629. The van der Waals surface area contributed by atoms with Crippen molar-refractivity contribution >= 4 is 5.95 Å². The van der Waals surface area contributed by atoms with Crippen LogP contribution < -0.4 is 5.32 Å². The molecule has 0 radical (unpaired) electrons. The van der Waals surface area contributed by atoms with Crippen molar-refractivity contribution < 1.29 is 0 Å². The van der Waals surface area contributed by atoms with Gasteiger partial charge in [0.05, 0.1) is 5.69 Å². The maximum absolute atomic E-state index is 4.66. The number of aromatic nitrogens is 2.